The molecule has 0 saturated heterocycles. The van der Waals surface area contributed by atoms with Gasteiger partial charge in [-0.05, 0) is 56.6 Å². The summed E-state index contributed by atoms with van der Waals surface area (Å²) in [4.78, 5) is 40.2. The molecule has 1 N–H and O–H groups in total. The van der Waals surface area contributed by atoms with Gasteiger partial charge in [-0.15, -0.1) is 0 Å². The Hall–Kier alpha value is -3.23. The van der Waals surface area contributed by atoms with Crippen LogP contribution < -0.4 is 4.90 Å². The molecule has 192 valence electrons. The second-order valence-electron chi connectivity index (χ2n) is 9.49. The zero-order valence-corrected chi connectivity index (χ0v) is 21.4. The van der Waals surface area contributed by atoms with Gasteiger partial charge in [-0.2, -0.15) is 0 Å². The molecule has 8 heteroatoms. The molecule has 1 aliphatic heterocycles. The summed E-state index contributed by atoms with van der Waals surface area (Å²) in [6, 6.07) is 15.9. The average molecular weight is 492 g/mol. The number of ether oxygens (including phenoxy) is 1. The lowest BCUT2D eigenvalue weighted by Crippen LogP contribution is -2.37. The van der Waals surface area contributed by atoms with Gasteiger partial charge in [-0.1, -0.05) is 30.3 Å². The molecule has 0 atom stereocenters. The number of nitrogens with one attached hydrogen (secondary N) is 1. The molecular formula is C28H37N5O3. The van der Waals surface area contributed by atoms with Crippen molar-refractivity contribution in [2.75, 3.05) is 51.8 Å². The molecule has 2 aromatic carbocycles. The van der Waals surface area contributed by atoms with Crippen LogP contribution in [-0.2, 0) is 27.3 Å². The fourth-order valence-electron chi connectivity index (χ4n) is 4.74. The first-order valence-corrected chi connectivity index (χ1v) is 12.8. The van der Waals surface area contributed by atoms with Crippen LogP contribution in [0.25, 0.3) is 11.0 Å². The van der Waals surface area contributed by atoms with E-state index in [-0.39, 0.29) is 18.4 Å². The predicted molar refractivity (Wildman–Crippen MR) is 142 cm³/mol. The summed E-state index contributed by atoms with van der Waals surface area (Å²) in [6.07, 6.45) is 3.88. The molecular weight excluding hydrogens is 454 g/mol. The van der Waals surface area contributed by atoms with Gasteiger partial charge in [0, 0.05) is 51.8 Å². The first-order chi connectivity index (χ1) is 17.5. The van der Waals surface area contributed by atoms with Gasteiger partial charge < -0.3 is 24.4 Å². The summed E-state index contributed by atoms with van der Waals surface area (Å²) < 4.78 is 5.14. The maximum absolute atomic E-state index is 13.3. The molecule has 8 nitrogen and oxygen atoms in total. The highest BCUT2D eigenvalue weighted by Crippen LogP contribution is 2.24. The van der Waals surface area contributed by atoms with Crippen LogP contribution in [0, 0.1) is 0 Å². The third-order valence-corrected chi connectivity index (χ3v) is 6.73. The number of hydrogen-bond acceptors (Lipinski definition) is 5. The Bertz CT molecular complexity index is 1130. The minimum absolute atomic E-state index is 0.0397. The van der Waals surface area contributed by atoms with Crippen molar-refractivity contribution in [3.63, 3.8) is 0 Å². The number of hydrogen-bond donors (Lipinski definition) is 1. The van der Waals surface area contributed by atoms with E-state index in [0.29, 0.717) is 26.1 Å². The van der Waals surface area contributed by atoms with E-state index in [0.717, 1.165) is 66.9 Å². The number of H-pyrrole nitrogens is 1. The summed E-state index contributed by atoms with van der Waals surface area (Å²) in [7, 11) is 3.61. The Labute approximate surface area is 213 Å². The topological polar surface area (TPSA) is 81.8 Å². The molecule has 0 radical (unpaired) electrons. The molecule has 0 aliphatic carbocycles. The van der Waals surface area contributed by atoms with Crippen LogP contribution >= 0.6 is 0 Å². The lowest BCUT2D eigenvalue weighted by molar-refractivity contribution is -0.132. The van der Waals surface area contributed by atoms with Gasteiger partial charge in [0.1, 0.15) is 12.4 Å². The van der Waals surface area contributed by atoms with Crippen molar-refractivity contribution in [2.24, 2.45) is 0 Å². The van der Waals surface area contributed by atoms with Crippen molar-refractivity contribution in [3.8, 4) is 0 Å². The number of benzene rings is 2. The van der Waals surface area contributed by atoms with Gasteiger partial charge >= 0.3 is 0 Å². The van der Waals surface area contributed by atoms with E-state index in [1.54, 1.807) is 7.11 Å². The average Bonchev–Trinajstić information content (AvgIpc) is 3.29. The Morgan fingerprint density at radius 2 is 1.78 bits per heavy atom. The van der Waals surface area contributed by atoms with Gasteiger partial charge in [-0.3, -0.25) is 9.59 Å². The number of likely N-dealkylation sites (N-methyl/N-ethyl adjacent to an activating group) is 1. The summed E-state index contributed by atoms with van der Waals surface area (Å²) in [5.74, 6) is 1.06. The van der Waals surface area contributed by atoms with Crippen LogP contribution in [0.2, 0.25) is 0 Å². The van der Waals surface area contributed by atoms with Gasteiger partial charge in [0.05, 0.1) is 11.0 Å². The highest BCUT2D eigenvalue weighted by Gasteiger charge is 2.22. The van der Waals surface area contributed by atoms with Crippen LogP contribution in [0.1, 0.15) is 37.1 Å². The van der Waals surface area contributed by atoms with Crippen molar-refractivity contribution >= 4 is 28.5 Å². The van der Waals surface area contributed by atoms with E-state index >= 15 is 0 Å². The van der Waals surface area contributed by atoms with E-state index in [1.807, 2.05) is 58.3 Å². The first-order valence-electron chi connectivity index (χ1n) is 12.8. The largest absolute Gasteiger partial charge is 0.375 e. The summed E-state index contributed by atoms with van der Waals surface area (Å²) in [5, 5.41) is 0. The lowest BCUT2D eigenvalue weighted by Gasteiger charge is -2.28. The Morgan fingerprint density at radius 3 is 2.61 bits per heavy atom. The fraction of sp³-hybridized carbons (Fsp3) is 0.464. The van der Waals surface area contributed by atoms with Gasteiger partial charge in [0.2, 0.25) is 5.91 Å². The zero-order valence-electron chi connectivity index (χ0n) is 21.4. The third kappa shape index (κ3) is 6.71. The third-order valence-electron chi connectivity index (χ3n) is 6.73. The highest BCUT2D eigenvalue weighted by molar-refractivity contribution is 5.95. The number of fused-ring (bicyclic) bond motifs is 2. The normalized spacial score (nSPS) is 15.5. The molecule has 0 fully saturated rings. The number of aromatic nitrogens is 2. The van der Waals surface area contributed by atoms with E-state index in [4.69, 9.17) is 4.74 Å². The predicted octanol–water partition coefficient (Wildman–Crippen LogP) is 3.62. The molecule has 36 heavy (non-hydrogen) atoms. The van der Waals surface area contributed by atoms with E-state index in [2.05, 4.69) is 21.9 Å². The van der Waals surface area contributed by atoms with Crippen molar-refractivity contribution < 1.29 is 14.3 Å². The standard InChI is InChI=1S/C28H37N5O3/c1-31-16-9-17-33(28(35)21-36-2)25-13-6-3-10-22(25)20-32(19-18-31)27(34)15-8-7-14-26-29-23-11-4-5-12-24(23)30-26/h3-6,10-13H,7-9,14-21H2,1-2H3,(H,29,30). The maximum atomic E-state index is 13.3. The van der Waals surface area contributed by atoms with Gasteiger partial charge in [0.25, 0.3) is 5.91 Å². The molecule has 4 rings (SSSR count). The smallest absolute Gasteiger partial charge is 0.252 e. The Kier molecular flexibility index (Phi) is 9.08. The number of para-hydroxylation sites is 3. The number of aryl methyl sites for hydroxylation is 1. The zero-order chi connectivity index (χ0) is 25.3. The fourth-order valence-corrected chi connectivity index (χ4v) is 4.74. The van der Waals surface area contributed by atoms with Crippen LogP contribution in [0.4, 0.5) is 5.69 Å². The van der Waals surface area contributed by atoms with Crippen LogP contribution in [0.5, 0.6) is 0 Å². The van der Waals surface area contributed by atoms with Crippen LogP contribution in [-0.4, -0.2) is 78.5 Å². The summed E-state index contributed by atoms with van der Waals surface area (Å²) in [6.45, 7) is 3.48. The van der Waals surface area contributed by atoms with Crippen LogP contribution in [0.3, 0.4) is 0 Å². The van der Waals surface area contributed by atoms with Crippen LogP contribution in [0.15, 0.2) is 48.5 Å². The van der Waals surface area contributed by atoms with Crippen molar-refractivity contribution in [3.05, 3.63) is 59.9 Å². The van der Waals surface area contributed by atoms with Crippen molar-refractivity contribution in [1.82, 2.24) is 19.8 Å². The van der Waals surface area contributed by atoms with Gasteiger partial charge in [-0.25, -0.2) is 4.98 Å². The van der Waals surface area contributed by atoms with Gasteiger partial charge in [0.15, 0.2) is 0 Å². The Morgan fingerprint density at radius 1 is 0.972 bits per heavy atom. The maximum Gasteiger partial charge on any atom is 0.252 e. The number of anilines is 1. The Balaban J connectivity index is 1.42. The molecule has 0 saturated carbocycles. The molecule has 0 bridgehead atoms. The molecule has 2 amide bonds. The second kappa shape index (κ2) is 12.6. The number of imidazole rings is 1. The number of nitrogens with zero attached hydrogens (tertiary/aromatic N) is 4. The summed E-state index contributed by atoms with van der Waals surface area (Å²) in [5.41, 5.74) is 3.88. The number of carbonyl (C=O) groups excluding carboxylic acids is 2. The molecule has 0 spiro atoms. The highest BCUT2D eigenvalue weighted by atomic mass is 16.5. The number of unbranched alkanes of at least 4 members (excludes halogenated alkanes) is 1. The number of aromatic amines is 1. The molecule has 0 unspecified atom stereocenters. The molecule has 2 heterocycles. The number of rotatable bonds is 7. The number of carbonyl (C=O) groups is 2. The SMILES string of the molecule is COCC(=O)N1CCCN(C)CCN(C(=O)CCCCc2nc3ccccc3[nH]2)Cc2ccccc21. The van der Waals surface area contributed by atoms with Crippen molar-refractivity contribution in [1.29, 1.82) is 0 Å². The molecule has 1 aromatic heterocycles. The van der Waals surface area contributed by atoms with Crippen molar-refractivity contribution in [2.45, 2.75) is 38.6 Å². The number of methoxy groups -OCH3 is 1. The molecule has 3 aromatic rings. The monoisotopic (exact) mass is 491 g/mol. The van der Waals surface area contributed by atoms with E-state index in [9.17, 15) is 9.59 Å². The quantitative estimate of drug-likeness (QED) is 0.511. The lowest BCUT2D eigenvalue weighted by atomic mass is 10.1. The van der Waals surface area contributed by atoms with E-state index < -0.39 is 0 Å². The first kappa shape index (κ1) is 25.9. The van der Waals surface area contributed by atoms with E-state index in [1.165, 1.54) is 0 Å². The minimum Gasteiger partial charge on any atom is -0.375 e. The summed E-state index contributed by atoms with van der Waals surface area (Å²) >= 11 is 0. The second-order valence-corrected chi connectivity index (χ2v) is 9.49. The molecule has 1 aliphatic rings. The number of amides is 2. The minimum atomic E-state index is -0.0599.